The lowest BCUT2D eigenvalue weighted by molar-refractivity contribution is -0.136. The third-order valence-corrected chi connectivity index (χ3v) is 5.33. The van der Waals surface area contributed by atoms with E-state index in [-0.39, 0.29) is 6.42 Å². The third-order valence-electron chi connectivity index (χ3n) is 3.40. The van der Waals surface area contributed by atoms with Gasteiger partial charge in [-0.15, -0.1) is 0 Å². The molecular weight excluding hydrogens is 318 g/mol. The van der Waals surface area contributed by atoms with Gasteiger partial charge in [0.15, 0.2) is 0 Å². The number of hydrogen-bond donors (Lipinski definition) is 2. The van der Waals surface area contributed by atoms with Crippen molar-refractivity contribution in [2.75, 3.05) is 20.1 Å². The van der Waals surface area contributed by atoms with Crippen molar-refractivity contribution in [3.05, 3.63) is 24.4 Å². The Balaban J connectivity index is 0.000000255. The number of nitrogens with one attached hydrogen (secondary N) is 1. The van der Waals surface area contributed by atoms with Crippen molar-refractivity contribution in [2.24, 2.45) is 0 Å². The first kappa shape index (κ1) is 19.3. The van der Waals surface area contributed by atoms with Crippen LogP contribution in [0.2, 0.25) is 0 Å². The molecule has 0 amide bonds. The number of carboxylic acid groups (broad SMARTS) is 1. The van der Waals surface area contributed by atoms with Gasteiger partial charge in [0, 0.05) is 18.8 Å². The maximum atomic E-state index is 10.2. The number of carboxylic acids is 1. The molecule has 5 nitrogen and oxygen atoms in total. The molecular formula is C15H25N3O2S2. The van der Waals surface area contributed by atoms with Gasteiger partial charge in [-0.3, -0.25) is 9.52 Å². The van der Waals surface area contributed by atoms with Crippen LogP contribution in [0, 0.1) is 0 Å². The number of rotatable bonds is 6. The predicted octanol–water partition coefficient (Wildman–Crippen LogP) is 3.29. The number of pyridine rings is 1. The molecule has 22 heavy (non-hydrogen) atoms. The van der Waals surface area contributed by atoms with Gasteiger partial charge in [-0.2, -0.15) is 0 Å². The molecule has 0 radical (unpaired) electrons. The standard InChI is InChI=1S/C8H10N2O2S2.C7H15N/c11-8(12)4-6-10-14-13-7-3-1-2-5-9-7;1-7-5-3-4-6-8(7)2/h1-3,5,10H,4,6H2,(H,11,12);7H,3-6H2,1-2H3. The van der Waals surface area contributed by atoms with Gasteiger partial charge in [0.2, 0.25) is 0 Å². The van der Waals surface area contributed by atoms with Crippen molar-refractivity contribution in [1.29, 1.82) is 0 Å². The predicted molar refractivity (Wildman–Crippen MR) is 93.9 cm³/mol. The van der Waals surface area contributed by atoms with Crippen molar-refractivity contribution in [3.8, 4) is 0 Å². The van der Waals surface area contributed by atoms with Gasteiger partial charge in [-0.25, -0.2) is 4.98 Å². The average molecular weight is 344 g/mol. The average Bonchev–Trinajstić information content (AvgIpc) is 2.51. The third kappa shape index (κ3) is 9.30. The van der Waals surface area contributed by atoms with Crippen LogP contribution in [0.4, 0.5) is 0 Å². The molecule has 124 valence electrons. The van der Waals surface area contributed by atoms with Crippen molar-refractivity contribution >= 4 is 27.7 Å². The number of likely N-dealkylation sites (tertiary alicyclic amines) is 1. The maximum Gasteiger partial charge on any atom is 0.304 e. The molecule has 0 aromatic carbocycles. The van der Waals surface area contributed by atoms with Crippen LogP contribution < -0.4 is 4.72 Å². The Morgan fingerprint density at radius 2 is 2.32 bits per heavy atom. The number of aliphatic carboxylic acids is 1. The summed E-state index contributed by atoms with van der Waals surface area (Å²) in [6, 6.07) is 6.50. The molecule has 2 heterocycles. The molecule has 1 aliphatic rings. The second-order valence-electron chi connectivity index (χ2n) is 5.20. The van der Waals surface area contributed by atoms with Crippen molar-refractivity contribution in [3.63, 3.8) is 0 Å². The zero-order chi connectivity index (χ0) is 16.2. The monoisotopic (exact) mass is 343 g/mol. The highest BCUT2D eigenvalue weighted by molar-refractivity contribution is 8.76. The quantitative estimate of drug-likeness (QED) is 0.467. The Bertz CT molecular complexity index is 411. The normalized spacial score (nSPS) is 18.4. The number of piperidine rings is 1. The molecule has 0 aliphatic carbocycles. The Kier molecular flexibility index (Phi) is 10.3. The van der Waals surface area contributed by atoms with Gasteiger partial charge >= 0.3 is 5.97 Å². The van der Waals surface area contributed by atoms with E-state index in [0.29, 0.717) is 6.54 Å². The van der Waals surface area contributed by atoms with Crippen LogP contribution in [0.15, 0.2) is 29.4 Å². The van der Waals surface area contributed by atoms with Crippen molar-refractivity contribution < 1.29 is 9.90 Å². The summed E-state index contributed by atoms with van der Waals surface area (Å²) >= 11 is 0. The lowest BCUT2D eigenvalue weighted by Gasteiger charge is -2.29. The number of carbonyl (C=O) groups is 1. The molecule has 1 saturated heterocycles. The highest BCUT2D eigenvalue weighted by Crippen LogP contribution is 2.25. The fraction of sp³-hybridized carbons (Fsp3) is 0.600. The largest absolute Gasteiger partial charge is 0.481 e. The summed E-state index contributed by atoms with van der Waals surface area (Å²) in [5.41, 5.74) is 0. The summed E-state index contributed by atoms with van der Waals surface area (Å²) in [7, 11) is 5.07. The van der Waals surface area contributed by atoms with E-state index in [1.54, 1.807) is 6.20 Å². The Morgan fingerprint density at radius 3 is 2.86 bits per heavy atom. The lowest BCUT2D eigenvalue weighted by Crippen LogP contribution is -2.33. The van der Waals surface area contributed by atoms with Gasteiger partial charge in [-0.05, 0) is 67.3 Å². The summed E-state index contributed by atoms with van der Waals surface area (Å²) in [5, 5.41) is 9.26. The number of aromatic nitrogens is 1. The molecule has 0 saturated carbocycles. The van der Waals surface area contributed by atoms with E-state index >= 15 is 0 Å². The molecule has 7 heteroatoms. The van der Waals surface area contributed by atoms with Crippen LogP contribution in [0.1, 0.15) is 32.6 Å². The lowest BCUT2D eigenvalue weighted by atomic mass is 10.1. The fourth-order valence-corrected chi connectivity index (χ4v) is 3.46. The molecule has 0 bridgehead atoms. The fourth-order valence-electron chi connectivity index (χ4n) is 1.91. The summed E-state index contributed by atoms with van der Waals surface area (Å²) in [5.74, 6) is -0.791. The van der Waals surface area contributed by atoms with Crippen LogP contribution in [0.3, 0.4) is 0 Å². The molecule has 1 aliphatic heterocycles. The van der Waals surface area contributed by atoms with E-state index in [4.69, 9.17) is 5.11 Å². The van der Waals surface area contributed by atoms with E-state index < -0.39 is 5.97 Å². The SMILES string of the molecule is CC1CCCCN1C.O=C(O)CCNSSc1ccccn1. The van der Waals surface area contributed by atoms with Gasteiger partial charge in [0.05, 0.1) is 6.42 Å². The molecule has 1 unspecified atom stereocenters. The van der Waals surface area contributed by atoms with Crippen molar-refractivity contribution in [2.45, 2.75) is 43.7 Å². The second kappa shape index (κ2) is 11.8. The minimum absolute atomic E-state index is 0.135. The zero-order valence-electron chi connectivity index (χ0n) is 13.2. The van der Waals surface area contributed by atoms with Gasteiger partial charge in [0.1, 0.15) is 5.03 Å². The Hall–Kier alpha value is -0.760. The first-order valence-corrected chi connectivity index (χ1v) is 9.64. The first-order valence-electron chi connectivity index (χ1n) is 7.49. The van der Waals surface area contributed by atoms with Gasteiger partial charge < -0.3 is 10.0 Å². The molecule has 2 rings (SSSR count). The van der Waals surface area contributed by atoms with Crippen LogP contribution >= 0.6 is 21.8 Å². The minimum Gasteiger partial charge on any atom is -0.481 e. The van der Waals surface area contributed by atoms with Crippen LogP contribution in [0.5, 0.6) is 0 Å². The van der Waals surface area contributed by atoms with Crippen LogP contribution in [-0.2, 0) is 4.79 Å². The summed E-state index contributed by atoms with van der Waals surface area (Å²) in [6.45, 7) is 4.07. The van der Waals surface area contributed by atoms with Crippen molar-refractivity contribution in [1.82, 2.24) is 14.6 Å². The molecule has 2 N–H and O–H groups in total. The molecule has 1 aromatic heterocycles. The second-order valence-corrected chi connectivity index (χ2v) is 7.24. The van der Waals surface area contributed by atoms with Crippen LogP contribution in [0.25, 0.3) is 0 Å². The summed E-state index contributed by atoms with van der Waals surface area (Å²) in [6.07, 6.45) is 6.10. The number of nitrogens with zero attached hydrogens (tertiary/aromatic N) is 2. The van der Waals surface area contributed by atoms with Gasteiger partial charge in [-0.1, -0.05) is 12.5 Å². The molecule has 1 fully saturated rings. The number of hydrogen-bond acceptors (Lipinski definition) is 6. The maximum absolute atomic E-state index is 10.2. The first-order chi connectivity index (χ1) is 10.6. The zero-order valence-corrected chi connectivity index (χ0v) is 14.8. The topological polar surface area (TPSA) is 65.5 Å². The van der Waals surface area contributed by atoms with E-state index in [0.717, 1.165) is 11.1 Å². The summed E-state index contributed by atoms with van der Waals surface area (Å²) in [4.78, 5) is 16.7. The molecule has 1 aromatic rings. The Morgan fingerprint density at radius 1 is 1.50 bits per heavy atom. The van der Waals surface area contributed by atoms with E-state index in [9.17, 15) is 4.79 Å². The van der Waals surface area contributed by atoms with E-state index in [1.165, 1.54) is 47.6 Å². The molecule has 0 spiro atoms. The Labute approximate surface area is 140 Å². The smallest absolute Gasteiger partial charge is 0.304 e. The summed E-state index contributed by atoms with van der Waals surface area (Å²) < 4.78 is 2.92. The van der Waals surface area contributed by atoms with Crippen LogP contribution in [-0.4, -0.2) is 47.1 Å². The van der Waals surface area contributed by atoms with Gasteiger partial charge in [0.25, 0.3) is 0 Å². The highest BCUT2D eigenvalue weighted by Gasteiger charge is 2.12. The minimum atomic E-state index is -0.791. The molecule has 1 atom stereocenters. The highest BCUT2D eigenvalue weighted by atomic mass is 33.1. The van der Waals surface area contributed by atoms with E-state index in [1.807, 2.05) is 18.2 Å². The van der Waals surface area contributed by atoms with E-state index in [2.05, 4.69) is 28.6 Å².